The van der Waals surface area contributed by atoms with E-state index in [1.165, 1.54) is 0 Å². The van der Waals surface area contributed by atoms with Crippen LogP contribution in [0, 0.1) is 0 Å². The third kappa shape index (κ3) is 6.06. The van der Waals surface area contributed by atoms with Crippen LogP contribution in [0.4, 0.5) is 0 Å². The number of hydrogen-bond donors (Lipinski definition) is 0. The summed E-state index contributed by atoms with van der Waals surface area (Å²) in [5, 5.41) is 0. The largest absolute Gasteiger partial charge is 0.385 e. The highest BCUT2D eigenvalue weighted by molar-refractivity contribution is 6.76. The molecule has 0 bridgehead atoms. The van der Waals surface area contributed by atoms with Crippen LogP contribution in [0.5, 0.6) is 0 Å². The number of rotatable bonds is 5. The molecule has 0 aromatic heterocycles. The van der Waals surface area contributed by atoms with Gasteiger partial charge in [-0.2, -0.15) is 0 Å². The van der Waals surface area contributed by atoms with Gasteiger partial charge < -0.3 is 4.74 Å². The van der Waals surface area contributed by atoms with Crippen LogP contribution in [0.3, 0.4) is 0 Å². The number of Topliss-reactive ketones (excluding diaryl/α,β-unsaturated/α-hetero) is 1. The van der Waals surface area contributed by atoms with Gasteiger partial charge in [0.15, 0.2) is 5.78 Å². The molecule has 0 saturated carbocycles. The van der Waals surface area contributed by atoms with Crippen molar-refractivity contribution >= 4 is 40.6 Å². The summed E-state index contributed by atoms with van der Waals surface area (Å²) in [5.41, 5.74) is 0. The van der Waals surface area contributed by atoms with Gasteiger partial charge in [0.1, 0.15) is 0 Å². The standard InChI is InChI=1S/C7H11Cl3O2/c1-12-5-3-2-4-6(11)7(8,9)10/h2-5H2,1H3. The van der Waals surface area contributed by atoms with Crippen LogP contribution in [-0.2, 0) is 9.53 Å². The third-order valence-corrected chi connectivity index (χ3v) is 1.95. The Hall–Kier alpha value is 0.500. The molecule has 0 unspecified atom stereocenters. The molecule has 0 fully saturated rings. The fraction of sp³-hybridized carbons (Fsp3) is 0.857. The van der Waals surface area contributed by atoms with Crippen LogP contribution >= 0.6 is 34.8 Å². The molecule has 0 aliphatic rings. The Morgan fingerprint density at radius 2 is 1.92 bits per heavy atom. The van der Waals surface area contributed by atoms with E-state index in [9.17, 15) is 4.79 Å². The molecule has 0 aromatic rings. The van der Waals surface area contributed by atoms with E-state index in [0.717, 1.165) is 6.42 Å². The lowest BCUT2D eigenvalue weighted by atomic mass is 10.2. The van der Waals surface area contributed by atoms with Crippen LogP contribution in [0.15, 0.2) is 0 Å². The summed E-state index contributed by atoms with van der Waals surface area (Å²) in [6.07, 6.45) is 1.80. The summed E-state index contributed by atoms with van der Waals surface area (Å²) in [6.45, 7) is 0.632. The normalized spacial score (nSPS) is 11.7. The SMILES string of the molecule is COCCCCC(=O)C(Cl)(Cl)Cl. The second kappa shape index (κ2) is 6.03. The van der Waals surface area contributed by atoms with Gasteiger partial charge in [0, 0.05) is 20.1 Å². The summed E-state index contributed by atoms with van der Waals surface area (Å²) in [5.74, 6) is -0.358. The number of ether oxygens (including phenoxy) is 1. The Labute approximate surface area is 87.1 Å². The van der Waals surface area contributed by atoms with Gasteiger partial charge >= 0.3 is 0 Å². The molecule has 2 nitrogen and oxygen atoms in total. The summed E-state index contributed by atoms with van der Waals surface area (Å²) >= 11 is 16.0. The lowest BCUT2D eigenvalue weighted by Crippen LogP contribution is -2.18. The lowest BCUT2D eigenvalue weighted by Gasteiger charge is -2.08. The first kappa shape index (κ1) is 12.5. The van der Waals surface area contributed by atoms with Crippen molar-refractivity contribution in [2.45, 2.75) is 23.1 Å². The van der Waals surface area contributed by atoms with Gasteiger partial charge in [-0.05, 0) is 12.8 Å². The first-order chi connectivity index (χ1) is 5.48. The van der Waals surface area contributed by atoms with E-state index in [-0.39, 0.29) is 5.78 Å². The molecule has 0 aliphatic carbocycles. The van der Waals surface area contributed by atoms with Crippen LogP contribution in [0.25, 0.3) is 0 Å². The highest BCUT2D eigenvalue weighted by atomic mass is 35.6. The summed E-state index contributed by atoms with van der Waals surface area (Å²) in [6, 6.07) is 0. The number of halogens is 3. The van der Waals surface area contributed by atoms with E-state index in [4.69, 9.17) is 39.5 Å². The third-order valence-electron chi connectivity index (χ3n) is 1.32. The fourth-order valence-corrected chi connectivity index (χ4v) is 0.957. The second-order valence-electron chi connectivity index (χ2n) is 2.37. The van der Waals surface area contributed by atoms with Crippen LogP contribution in [0.2, 0.25) is 0 Å². The van der Waals surface area contributed by atoms with Gasteiger partial charge in [-0.3, -0.25) is 4.79 Å². The van der Waals surface area contributed by atoms with Gasteiger partial charge in [0.25, 0.3) is 0 Å². The molecule has 0 heterocycles. The molecule has 72 valence electrons. The Morgan fingerprint density at radius 3 is 2.33 bits per heavy atom. The maximum absolute atomic E-state index is 11.0. The predicted molar refractivity (Wildman–Crippen MR) is 51.0 cm³/mol. The number of ketones is 1. The maximum Gasteiger partial charge on any atom is 0.248 e. The Balaban J connectivity index is 3.45. The maximum atomic E-state index is 11.0. The minimum atomic E-state index is -1.76. The van der Waals surface area contributed by atoms with Gasteiger partial charge in [0.2, 0.25) is 3.79 Å². The number of carbonyl (C=O) groups excluding carboxylic acids is 1. The molecule has 0 saturated heterocycles. The zero-order valence-corrected chi connectivity index (χ0v) is 9.05. The highest BCUT2D eigenvalue weighted by Gasteiger charge is 2.29. The molecule has 0 atom stereocenters. The van der Waals surface area contributed by atoms with Crippen molar-refractivity contribution < 1.29 is 9.53 Å². The van der Waals surface area contributed by atoms with E-state index in [0.29, 0.717) is 19.4 Å². The summed E-state index contributed by atoms with van der Waals surface area (Å²) < 4.78 is 3.04. The number of alkyl halides is 3. The van der Waals surface area contributed by atoms with Gasteiger partial charge in [0.05, 0.1) is 0 Å². The van der Waals surface area contributed by atoms with Gasteiger partial charge in [-0.15, -0.1) is 0 Å². The van der Waals surface area contributed by atoms with Crippen molar-refractivity contribution in [1.29, 1.82) is 0 Å². The van der Waals surface area contributed by atoms with E-state index >= 15 is 0 Å². The molecule has 0 spiro atoms. The summed E-state index contributed by atoms with van der Waals surface area (Å²) in [7, 11) is 1.61. The lowest BCUT2D eigenvalue weighted by molar-refractivity contribution is -0.118. The number of unbranched alkanes of at least 4 members (excludes halogenated alkanes) is 1. The van der Waals surface area contributed by atoms with Crippen molar-refractivity contribution in [2.75, 3.05) is 13.7 Å². The second-order valence-corrected chi connectivity index (χ2v) is 4.65. The average molecular weight is 234 g/mol. The molecule has 0 aromatic carbocycles. The molecule has 0 N–H and O–H groups in total. The predicted octanol–water partition coefficient (Wildman–Crippen LogP) is 2.74. The van der Waals surface area contributed by atoms with Crippen molar-refractivity contribution in [2.24, 2.45) is 0 Å². The molecule has 0 radical (unpaired) electrons. The smallest absolute Gasteiger partial charge is 0.248 e. The average Bonchev–Trinajstić information content (AvgIpc) is 1.96. The topological polar surface area (TPSA) is 26.3 Å². The monoisotopic (exact) mass is 232 g/mol. The molecule has 0 rings (SSSR count). The van der Waals surface area contributed by atoms with E-state index in [1.54, 1.807) is 7.11 Å². The van der Waals surface area contributed by atoms with Crippen molar-refractivity contribution in [1.82, 2.24) is 0 Å². The van der Waals surface area contributed by atoms with Crippen molar-refractivity contribution in [3.05, 3.63) is 0 Å². The fourth-order valence-electron chi connectivity index (χ4n) is 0.674. The van der Waals surface area contributed by atoms with Crippen LogP contribution < -0.4 is 0 Å². The minimum absolute atomic E-state index is 0.292. The molecule has 12 heavy (non-hydrogen) atoms. The minimum Gasteiger partial charge on any atom is -0.385 e. The van der Waals surface area contributed by atoms with Gasteiger partial charge in [-0.25, -0.2) is 0 Å². The zero-order chi connectivity index (χ0) is 9.61. The molecule has 5 heteroatoms. The zero-order valence-electron chi connectivity index (χ0n) is 6.78. The van der Waals surface area contributed by atoms with Crippen molar-refractivity contribution in [3.63, 3.8) is 0 Å². The quantitative estimate of drug-likeness (QED) is 0.539. The number of carbonyl (C=O) groups is 1. The van der Waals surface area contributed by atoms with E-state index in [1.807, 2.05) is 0 Å². The highest BCUT2D eigenvalue weighted by Crippen LogP contribution is 2.28. The number of methoxy groups -OCH3 is 1. The first-order valence-electron chi connectivity index (χ1n) is 3.57. The van der Waals surface area contributed by atoms with Crippen molar-refractivity contribution in [3.8, 4) is 0 Å². The van der Waals surface area contributed by atoms with E-state index in [2.05, 4.69) is 0 Å². The molecular weight excluding hydrogens is 222 g/mol. The van der Waals surface area contributed by atoms with Crippen LogP contribution in [0.1, 0.15) is 19.3 Å². The molecule has 0 amide bonds. The molecule has 0 aliphatic heterocycles. The Kier molecular flexibility index (Phi) is 6.28. The Morgan fingerprint density at radius 1 is 1.33 bits per heavy atom. The van der Waals surface area contributed by atoms with Gasteiger partial charge in [-0.1, -0.05) is 34.8 Å². The first-order valence-corrected chi connectivity index (χ1v) is 4.71. The van der Waals surface area contributed by atoms with E-state index < -0.39 is 3.79 Å². The summed E-state index contributed by atoms with van der Waals surface area (Å²) in [4.78, 5) is 11.0. The Bertz CT molecular complexity index is 142. The molecular formula is C7H11Cl3O2. The van der Waals surface area contributed by atoms with Crippen LogP contribution in [-0.4, -0.2) is 23.3 Å². The number of hydrogen-bond acceptors (Lipinski definition) is 2.